The Labute approximate surface area is 132 Å². The van der Waals surface area contributed by atoms with Crippen LogP contribution in [-0.2, 0) is 6.42 Å². The second kappa shape index (κ2) is 6.38. The third-order valence-corrected chi connectivity index (χ3v) is 4.05. The van der Waals surface area contributed by atoms with Crippen LogP contribution in [0.2, 0.25) is 0 Å². The molecule has 1 aliphatic heterocycles. The Balaban J connectivity index is 1.83. The van der Waals surface area contributed by atoms with Crippen LogP contribution in [-0.4, -0.2) is 57.1 Å². The third kappa shape index (κ3) is 4.15. The number of aryl methyl sites for hydroxylation is 1. The minimum Gasteiger partial charge on any atom is -0.380 e. The number of H-pyrrole nitrogens is 1. The molecule has 0 aromatic carbocycles. The second-order valence-electron chi connectivity index (χ2n) is 6.11. The van der Waals surface area contributed by atoms with Crippen molar-refractivity contribution in [3.8, 4) is 0 Å². The van der Waals surface area contributed by atoms with E-state index in [1.54, 1.807) is 6.92 Å². The van der Waals surface area contributed by atoms with Crippen LogP contribution in [0.3, 0.4) is 0 Å². The molecule has 0 saturated carbocycles. The molecule has 0 aliphatic carbocycles. The topological polar surface area (TPSA) is 81.2 Å². The number of urea groups is 1. The molecule has 1 aromatic heterocycles. The van der Waals surface area contributed by atoms with Gasteiger partial charge in [0, 0.05) is 44.1 Å². The maximum atomic E-state index is 12.7. The summed E-state index contributed by atoms with van der Waals surface area (Å²) in [6, 6.07) is 1.25. The Morgan fingerprint density at radius 2 is 2.13 bits per heavy atom. The fraction of sp³-hybridized carbons (Fsp3) is 0.714. The molecule has 3 N–H and O–H groups in total. The Kier molecular flexibility index (Phi) is 4.88. The van der Waals surface area contributed by atoms with Crippen molar-refractivity contribution in [2.45, 2.75) is 50.9 Å². The van der Waals surface area contributed by atoms with Gasteiger partial charge in [0.15, 0.2) is 5.60 Å². The van der Waals surface area contributed by atoms with Crippen molar-refractivity contribution < 1.29 is 23.1 Å². The van der Waals surface area contributed by atoms with Gasteiger partial charge in [0.2, 0.25) is 0 Å². The Morgan fingerprint density at radius 3 is 2.61 bits per heavy atom. The zero-order valence-electron chi connectivity index (χ0n) is 13.1. The molecule has 9 heteroatoms. The number of aromatic nitrogens is 2. The summed E-state index contributed by atoms with van der Waals surface area (Å²) in [6.45, 7) is 3.42. The summed E-state index contributed by atoms with van der Waals surface area (Å²) in [7, 11) is 0. The maximum absolute atomic E-state index is 12.7. The predicted octanol–water partition coefficient (Wildman–Crippen LogP) is 1.75. The van der Waals surface area contributed by atoms with Crippen molar-refractivity contribution in [3.63, 3.8) is 0 Å². The summed E-state index contributed by atoms with van der Waals surface area (Å²) in [4.78, 5) is 13.4. The van der Waals surface area contributed by atoms with E-state index in [9.17, 15) is 23.1 Å². The summed E-state index contributed by atoms with van der Waals surface area (Å²) in [5.41, 5.74) is -0.969. The van der Waals surface area contributed by atoms with Crippen molar-refractivity contribution in [2.75, 3.05) is 13.1 Å². The Bertz CT molecular complexity index is 550. The number of aromatic amines is 1. The molecule has 1 saturated heterocycles. The lowest BCUT2D eigenvalue weighted by Gasteiger charge is -2.39. The molecule has 1 atom stereocenters. The van der Waals surface area contributed by atoms with Gasteiger partial charge in [-0.3, -0.25) is 5.10 Å². The van der Waals surface area contributed by atoms with Gasteiger partial charge in [-0.05, 0) is 19.9 Å². The second-order valence-corrected chi connectivity index (χ2v) is 6.11. The molecule has 0 radical (unpaired) electrons. The predicted molar refractivity (Wildman–Crippen MR) is 76.8 cm³/mol. The molecule has 2 heterocycles. The van der Waals surface area contributed by atoms with Gasteiger partial charge in [0.05, 0.1) is 5.69 Å². The molecular weight excluding hydrogens is 313 g/mol. The summed E-state index contributed by atoms with van der Waals surface area (Å²) in [6.07, 6.45) is -5.15. The highest BCUT2D eigenvalue weighted by atomic mass is 19.4. The van der Waals surface area contributed by atoms with Gasteiger partial charge in [-0.15, -0.1) is 0 Å². The normalized spacial score (nSPS) is 19.5. The summed E-state index contributed by atoms with van der Waals surface area (Å²) in [5.74, 6) is 0. The van der Waals surface area contributed by atoms with Gasteiger partial charge < -0.3 is 15.3 Å². The van der Waals surface area contributed by atoms with Gasteiger partial charge in [0.1, 0.15) is 0 Å². The van der Waals surface area contributed by atoms with Crippen molar-refractivity contribution in [1.82, 2.24) is 20.4 Å². The first kappa shape index (κ1) is 17.6. The van der Waals surface area contributed by atoms with E-state index in [0.29, 0.717) is 6.42 Å². The van der Waals surface area contributed by atoms with Crippen LogP contribution in [0.4, 0.5) is 18.0 Å². The lowest BCUT2D eigenvalue weighted by molar-refractivity contribution is -0.271. The van der Waals surface area contributed by atoms with E-state index < -0.39 is 30.7 Å². The molecule has 1 aromatic rings. The number of rotatable bonds is 3. The number of alkyl halides is 3. The number of likely N-dealkylation sites (tertiary alicyclic amines) is 1. The molecular formula is C14H21F3N4O2. The van der Waals surface area contributed by atoms with Gasteiger partial charge in [0.25, 0.3) is 0 Å². The first-order valence-corrected chi connectivity index (χ1v) is 7.46. The standard InChI is InChI=1S/C14H21F3N4O2/c1-9(7-11-8-10(2)19-20-11)18-12(22)21-5-3-13(23,4-6-21)14(15,16)17/h8-9,23H,3-7H2,1-2H3,(H,18,22)(H,19,20). The molecule has 23 heavy (non-hydrogen) atoms. The molecule has 2 rings (SSSR count). The minimum absolute atomic E-state index is 0.129. The van der Waals surface area contributed by atoms with E-state index in [4.69, 9.17) is 0 Å². The van der Waals surface area contributed by atoms with Crippen molar-refractivity contribution >= 4 is 6.03 Å². The number of nitrogens with one attached hydrogen (secondary N) is 2. The highest BCUT2D eigenvalue weighted by Crippen LogP contribution is 2.38. The summed E-state index contributed by atoms with van der Waals surface area (Å²) < 4.78 is 38.2. The highest BCUT2D eigenvalue weighted by molar-refractivity contribution is 5.74. The number of aliphatic hydroxyl groups is 1. The minimum atomic E-state index is -4.67. The van der Waals surface area contributed by atoms with Crippen LogP contribution in [0.25, 0.3) is 0 Å². The van der Waals surface area contributed by atoms with E-state index in [0.717, 1.165) is 11.4 Å². The number of carbonyl (C=O) groups excluding carboxylic acids is 1. The molecule has 2 amide bonds. The maximum Gasteiger partial charge on any atom is 0.417 e. The zero-order valence-corrected chi connectivity index (χ0v) is 13.1. The number of nitrogens with zero attached hydrogens (tertiary/aromatic N) is 2. The average Bonchev–Trinajstić information content (AvgIpc) is 2.83. The van der Waals surface area contributed by atoms with Crippen LogP contribution in [0.1, 0.15) is 31.2 Å². The molecule has 130 valence electrons. The van der Waals surface area contributed by atoms with Crippen molar-refractivity contribution in [3.05, 3.63) is 17.5 Å². The van der Waals surface area contributed by atoms with E-state index >= 15 is 0 Å². The fourth-order valence-electron chi connectivity index (χ4n) is 2.61. The number of hydrogen-bond donors (Lipinski definition) is 3. The largest absolute Gasteiger partial charge is 0.417 e. The first-order chi connectivity index (χ1) is 10.6. The number of hydrogen-bond acceptors (Lipinski definition) is 3. The first-order valence-electron chi connectivity index (χ1n) is 7.46. The molecule has 6 nitrogen and oxygen atoms in total. The molecule has 1 aliphatic rings. The molecule has 1 unspecified atom stereocenters. The van der Waals surface area contributed by atoms with Crippen LogP contribution in [0.5, 0.6) is 0 Å². The monoisotopic (exact) mass is 334 g/mol. The van der Waals surface area contributed by atoms with Gasteiger partial charge in [-0.25, -0.2) is 4.79 Å². The van der Waals surface area contributed by atoms with Crippen LogP contribution in [0.15, 0.2) is 6.07 Å². The quantitative estimate of drug-likeness (QED) is 0.788. The zero-order chi connectivity index (χ0) is 17.3. The molecule has 0 spiro atoms. The lowest BCUT2D eigenvalue weighted by atomic mass is 9.91. The van der Waals surface area contributed by atoms with Crippen LogP contribution in [0, 0.1) is 6.92 Å². The number of piperidine rings is 1. The van der Waals surface area contributed by atoms with Gasteiger partial charge in [-0.2, -0.15) is 18.3 Å². The van der Waals surface area contributed by atoms with E-state index in [2.05, 4.69) is 15.5 Å². The Morgan fingerprint density at radius 1 is 1.52 bits per heavy atom. The van der Waals surface area contributed by atoms with Crippen molar-refractivity contribution in [1.29, 1.82) is 0 Å². The number of halogens is 3. The average molecular weight is 334 g/mol. The number of carbonyl (C=O) groups is 1. The fourth-order valence-corrected chi connectivity index (χ4v) is 2.61. The van der Waals surface area contributed by atoms with Gasteiger partial charge in [-0.1, -0.05) is 0 Å². The Hall–Kier alpha value is -1.77. The van der Waals surface area contributed by atoms with Gasteiger partial charge >= 0.3 is 12.2 Å². The highest BCUT2D eigenvalue weighted by Gasteiger charge is 2.54. The SMILES string of the molecule is Cc1cc(CC(C)NC(=O)N2CCC(O)(C(F)(F)F)CC2)n[nH]1. The van der Waals surface area contributed by atoms with Crippen molar-refractivity contribution in [2.24, 2.45) is 0 Å². The van der Waals surface area contributed by atoms with E-state index in [-0.39, 0.29) is 19.1 Å². The van der Waals surface area contributed by atoms with Crippen LogP contribution < -0.4 is 5.32 Å². The molecule has 0 bridgehead atoms. The smallest absolute Gasteiger partial charge is 0.380 e. The summed E-state index contributed by atoms with van der Waals surface area (Å²) in [5, 5.41) is 19.2. The van der Waals surface area contributed by atoms with E-state index in [1.807, 2.05) is 13.0 Å². The third-order valence-electron chi connectivity index (χ3n) is 4.05. The molecule has 1 fully saturated rings. The summed E-state index contributed by atoms with van der Waals surface area (Å²) >= 11 is 0. The lowest BCUT2D eigenvalue weighted by Crippen LogP contribution is -2.56. The van der Waals surface area contributed by atoms with Crippen LogP contribution >= 0.6 is 0 Å². The number of amides is 2. The van der Waals surface area contributed by atoms with E-state index in [1.165, 1.54) is 4.90 Å².